The molecule has 0 amide bonds. The van der Waals surface area contributed by atoms with Gasteiger partial charge in [0.2, 0.25) is 0 Å². The predicted molar refractivity (Wildman–Crippen MR) is 118 cm³/mol. The van der Waals surface area contributed by atoms with E-state index in [1.165, 1.54) is 50.5 Å². The summed E-state index contributed by atoms with van der Waals surface area (Å²) in [7, 11) is 0. The van der Waals surface area contributed by atoms with Crippen molar-refractivity contribution >= 4 is 17.8 Å². The second kappa shape index (κ2) is 14.8. The number of rotatable bonds is 5. The number of para-hydroxylation sites is 2. The molecule has 5 nitrogen and oxygen atoms in total. The van der Waals surface area contributed by atoms with Gasteiger partial charge < -0.3 is 15.2 Å². The average Bonchev–Trinajstić information content (AvgIpc) is 3.17. The van der Waals surface area contributed by atoms with Crippen LogP contribution in [0.25, 0.3) is 16.7 Å². The van der Waals surface area contributed by atoms with Gasteiger partial charge in [-0.1, -0.05) is 32.0 Å². The van der Waals surface area contributed by atoms with Crippen LogP contribution in [0.4, 0.5) is 4.39 Å². The van der Waals surface area contributed by atoms with E-state index in [9.17, 15) is 9.50 Å². The van der Waals surface area contributed by atoms with E-state index < -0.39 is 5.82 Å². The van der Waals surface area contributed by atoms with Crippen molar-refractivity contribution in [1.29, 1.82) is 0 Å². The number of fused-ring (bicyclic) bond motifs is 1. The predicted octanol–water partition coefficient (Wildman–Crippen LogP) is 4.64. The Morgan fingerprint density at radius 2 is 1.69 bits per heavy atom. The molecule has 0 bridgehead atoms. The van der Waals surface area contributed by atoms with Gasteiger partial charge in [0.25, 0.3) is 0 Å². The normalized spacial score (nSPS) is 9.31. The molecule has 0 fully saturated rings. The van der Waals surface area contributed by atoms with Gasteiger partial charge in [-0.2, -0.15) is 0 Å². The molecule has 6 heteroatoms. The first-order chi connectivity index (χ1) is 14.1. The molecule has 29 heavy (non-hydrogen) atoms. The fourth-order valence-electron chi connectivity index (χ4n) is 2.58. The minimum absolute atomic E-state index is 0.101. The topological polar surface area (TPSA) is 67.2 Å². The molecule has 0 saturated heterocycles. The van der Waals surface area contributed by atoms with Crippen LogP contribution in [0.15, 0.2) is 42.7 Å². The van der Waals surface area contributed by atoms with Crippen LogP contribution in [0.3, 0.4) is 0 Å². The Labute approximate surface area is 172 Å². The number of nitrogens with zero attached hydrogens (tertiary/aromatic N) is 2. The van der Waals surface area contributed by atoms with E-state index in [0.29, 0.717) is 0 Å². The van der Waals surface area contributed by atoms with Crippen LogP contribution in [0.5, 0.6) is 5.75 Å². The highest BCUT2D eigenvalue weighted by molar-refractivity contribution is 5.81. The molecule has 0 spiro atoms. The van der Waals surface area contributed by atoms with Crippen molar-refractivity contribution in [2.45, 2.75) is 33.6 Å². The summed E-state index contributed by atoms with van der Waals surface area (Å²) in [4.78, 5) is 12.3. The highest BCUT2D eigenvalue weighted by atomic mass is 19.1. The molecule has 2 N–H and O–H groups in total. The molecule has 3 rings (SSSR count). The Hall–Kier alpha value is -3.17. The number of aromatic hydroxyl groups is 1. The molecule has 0 unspecified atom stereocenters. The van der Waals surface area contributed by atoms with Gasteiger partial charge in [0.05, 0.1) is 11.0 Å². The summed E-state index contributed by atoms with van der Waals surface area (Å²) in [6.45, 7) is 10.7. The number of imidazole rings is 1. The van der Waals surface area contributed by atoms with Crippen molar-refractivity contribution in [3.63, 3.8) is 0 Å². The number of terminal acetylenes is 1. The van der Waals surface area contributed by atoms with Crippen LogP contribution in [0.2, 0.25) is 0 Å². The number of benzene rings is 2. The minimum Gasteiger partial charge on any atom is -0.506 e. The summed E-state index contributed by atoms with van der Waals surface area (Å²) < 4.78 is 15.4. The van der Waals surface area contributed by atoms with Crippen LogP contribution >= 0.6 is 0 Å². The van der Waals surface area contributed by atoms with E-state index in [1.807, 2.05) is 31.9 Å². The zero-order valence-corrected chi connectivity index (χ0v) is 17.4. The Morgan fingerprint density at radius 3 is 2.24 bits per heavy atom. The van der Waals surface area contributed by atoms with E-state index in [2.05, 4.69) is 37.0 Å². The summed E-state index contributed by atoms with van der Waals surface area (Å²) in [5.74, 6) is -0.577. The maximum absolute atomic E-state index is 13.8. The SMILES string of the molecule is C#C.C=O.CCCNCCC.Cc1cccc2c1ncn2-c1c(O)cccc1F. The Morgan fingerprint density at radius 1 is 1.10 bits per heavy atom. The van der Waals surface area contributed by atoms with Crippen LogP contribution in [0, 0.1) is 25.6 Å². The summed E-state index contributed by atoms with van der Waals surface area (Å²) in [5.41, 5.74) is 2.73. The van der Waals surface area contributed by atoms with Crippen LogP contribution in [-0.2, 0) is 4.79 Å². The number of nitrogens with one attached hydrogen (secondary N) is 1. The fourth-order valence-corrected chi connectivity index (χ4v) is 2.58. The standard InChI is InChI=1S/C14H11FN2O.C6H15N.C2H2.CH2O/c1-9-4-2-6-11-13(9)16-8-17(11)14-10(15)5-3-7-12(14)18;1-3-5-7-6-4-2;2*1-2/h2-8,18H,1H3;7H,3-6H2,1-2H3;1-2H;1H2. The zero-order valence-electron chi connectivity index (χ0n) is 17.4. The van der Waals surface area contributed by atoms with Gasteiger partial charge in [0.15, 0.2) is 5.82 Å². The molecule has 1 aromatic heterocycles. The number of carbonyl (C=O) groups is 1. The van der Waals surface area contributed by atoms with Gasteiger partial charge in [0, 0.05) is 0 Å². The lowest BCUT2D eigenvalue weighted by Gasteiger charge is -2.08. The van der Waals surface area contributed by atoms with Crippen molar-refractivity contribution < 1.29 is 14.3 Å². The molecule has 1 heterocycles. The van der Waals surface area contributed by atoms with Gasteiger partial charge in [-0.05, 0) is 56.6 Å². The molecular weight excluding hydrogens is 369 g/mol. The molecule has 2 aromatic carbocycles. The van der Waals surface area contributed by atoms with Crippen molar-refractivity contribution in [2.75, 3.05) is 13.1 Å². The van der Waals surface area contributed by atoms with Crippen molar-refractivity contribution in [3.05, 3.63) is 54.1 Å². The molecule has 3 aromatic rings. The van der Waals surface area contributed by atoms with E-state index in [-0.39, 0.29) is 11.4 Å². The number of aryl methyl sites for hydroxylation is 1. The van der Waals surface area contributed by atoms with Crippen molar-refractivity contribution in [1.82, 2.24) is 14.9 Å². The van der Waals surface area contributed by atoms with Gasteiger partial charge in [0.1, 0.15) is 24.6 Å². The number of phenols is 1. The average molecular weight is 400 g/mol. The first kappa shape index (κ1) is 25.8. The molecule has 0 atom stereocenters. The number of phenolic OH excluding ortho intramolecular Hbond substituents is 1. The molecule has 0 saturated carbocycles. The van der Waals surface area contributed by atoms with Crippen LogP contribution in [-0.4, -0.2) is 34.5 Å². The smallest absolute Gasteiger partial charge is 0.151 e. The van der Waals surface area contributed by atoms with Crippen molar-refractivity contribution in [2.24, 2.45) is 0 Å². The lowest BCUT2D eigenvalue weighted by Crippen LogP contribution is -2.14. The lowest BCUT2D eigenvalue weighted by atomic mass is 10.2. The number of aromatic nitrogens is 2. The largest absolute Gasteiger partial charge is 0.506 e. The van der Waals surface area contributed by atoms with E-state index in [0.717, 1.165) is 16.6 Å². The number of hydrogen-bond donors (Lipinski definition) is 2. The van der Waals surface area contributed by atoms with Crippen LogP contribution < -0.4 is 5.32 Å². The van der Waals surface area contributed by atoms with Gasteiger partial charge in [-0.3, -0.25) is 4.57 Å². The highest BCUT2D eigenvalue weighted by Gasteiger charge is 2.13. The van der Waals surface area contributed by atoms with Gasteiger partial charge in [-0.15, -0.1) is 12.8 Å². The third kappa shape index (κ3) is 7.40. The fraction of sp³-hybridized carbons (Fsp3) is 0.304. The summed E-state index contributed by atoms with van der Waals surface area (Å²) in [6, 6.07) is 9.92. The van der Waals surface area contributed by atoms with Crippen molar-refractivity contribution in [3.8, 4) is 24.3 Å². The molecule has 0 aliphatic carbocycles. The monoisotopic (exact) mass is 399 g/mol. The maximum atomic E-state index is 13.8. The molecule has 0 radical (unpaired) electrons. The Bertz CT molecular complexity index is 851. The summed E-state index contributed by atoms with van der Waals surface area (Å²) in [6.07, 6.45) is 12.0. The number of carbonyl (C=O) groups excluding carboxylic acids is 1. The van der Waals surface area contributed by atoms with E-state index in [1.54, 1.807) is 4.57 Å². The molecule has 0 aliphatic heterocycles. The Kier molecular flexibility index (Phi) is 13.2. The second-order valence-electron chi connectivity index (χ2n) is 5.91. The zero-order chi connectivity index (χ0) is 22.2. The third-order valence-corrected chi connectivity index (χ3v) is 3.84. The number of halogens is 1. The van der Waals surface area contributed by atoms with E-state index in [4.69, 9.17) is 4.79 Å². The first-order valence-electron chi connectivity index (χ1n) is 9.33. The van der Waals surface area contributed by atoms with E-state index >= 15 is 0 Å². The summed E-state index contributed by atoms with van der Waals surface area (Å²) in [5, 5.41) is 13.1. The number of hydrogen-bond acceptors (Lipinski definition) is 4. The molecular formula is C23H30FN3O2. The van der Waals surface area contributed by atoms with Crippen LogP contribution in [0.1, 0.15) is 32.3 Å². The minimum atomic E-state index is -0.476. The quantitative estimate of drug-likeness (QED) is 0.485. The van der Waals surface area contributed by atoms with Gasteiger partial charge in [-0.25, -0.2) is 9.37 Å². The molecule has 156 valence electrons. The lowest BCUT2D eigenvalue weighted by molar-refractivity contribution is -0.0979. The molecule has 0 aliphatic rings. The van der Waals surface area contributed by atoms with Gasteiger partial charge >= 0.3 is 0 Å². The Balaban J connectivity index is 0.000000606. The first-order valence-corrected chi connectivity index (χ1v) is 9.33. The second-order valence-corrected chi connectivity index (χ2v) is 5.91. The maximum Gasteiger partial charge on any atom is 0.151 e. The summed E-state index contributed by atoms with van der Waals surface area (Å²) >= 11 is 0. The third-order valence-electron chi connectivity index (χ3n) is 3.84. The highest BCUT2D eigenvalue weighted by Crippen LogP contribution is 2.28.